The summed E-state index contributed by atoms with van der Waals surface area (Å²) in [4.78, 5) is 2.36. The van der Waals surface area contributed by atoms with Gasteiger partial charge < -0.3 is 4.90 Å². The maximum atomic E-state index is 8.34. The molecule has 0 amide bonds. The molecule has 0 spiro atoms. The molecule has 2 nitrogen and oxygen atoms in total. The van der Waals surface area contributed by atoms with Crippen molar-refractivity contribution in [3.63, 3.8) is 0 Å². The first kappa shape index (κ1) is 12.4. The Labute approximate surface area is 82.5 Å². The number of hydrogen-bond donors (Lipinski definition) is 0. The molecule has 2 heteroatoms. The highest BCUT2D eigenvalue weighted by Crippen LogP contribution is 2.02. The molecule has 0 aromatic heterocycles. The molecule has 0 radical (unpaired) electrons. The fourth-order valence-corrected chi connectivity index (χ4v) is 1.18. The second-order valence-electron chi connectivity index (χ2n) is 4.10. The smallest absolute Gasteiger partial charge is 0.0621 e. The van der Waals surface area contributed by atoms with Crippen molar-refractivity contribution in [1.29, 1.82) is 5.26 Å². The van der Waals surface area contributed by atoms with Gasteiger partial charge in [-0.25, -0.2) is 0 Å². The van der Waals surface area contributed by atoms with E-state index in [9.17, 15) is 0 Å². The van der Waals surface area contributed by atoms with Crippen molar-refractivity contribution >= 4 is 0 Å². The second kappa shape index (κ2) is 8.07. The van der Waals surface area contributed by atoms with Crippen molar-refractivity contribution in [2.75, 3.05) is 20.1 Å². The Bertz CT molecular complexity index is 147. The van der Waals surface area contributed by atoms with Crippen molar-refractivity contribution in [2.24, 2.45) is 5.92 Å². The van der Waals surface area contributed by atoms with Crippen LogP contribution >= 0.6 is 0 Å². The third kappa shape index (κ3) is 9.36. The van der Waals surface area contributed by atoms with Gasteiger partial charge >= 0.3 is 0 Å². The zero-order valence-electron chi connectivity index (χ0n) is 9.21. The molecular formula is C11H22N2. The van der Waals surface area contributed by atoms with Gasteiger partial charge in [0.25, 0.3) is 0 Å². The van der Waals surface area contributed by atoms with Crippen molar-refractivity contribution in [2.45, 2.75) is 39.5 Å². The highest BCUT2D eigenvalue weighted by molar-refractivity contribution is 4.68. The summed E-state index contributed by atoms with van der Waals surface area (Å²) in [6, 6.07) is 2.17. The number of hydrogen-bond acceptors (Lipinski definition) is 2. The topological polar surface area (TPSA) is 27.0 Å². The van der Waals surface area contributed by atoms with Gasteiger partial charge in [0.15, 0.2) is 0 Å². The molecule has 76 valence electrons. The zero-order chi connectivity index (χ0) is 10.1. The van der Waals surface area contributed by atoms with Crippen LogP contribution < -0.4 is 0 Å². The summed E-state index contributed by atoms with van der Waals surface area (Å²) in [6.07, 6.45) is 4.18. The molecule has 0 rings (SSSR count). The van der Waals surface area contributed by atoms with Gasteiger partial charge in [-0.05, 0) is 45.3 Å². The Balaban J connectivity index is 3.21. The molecule has 0 fully saturated rings. The number of unbranched alkanes of at least 4 members (excludes halogenated alkanes) is 2. The molecule has 0 bridgehead atoms. The van der Waals surface area contributed by atoms with Crippen LogP contribution in [0.1, 0.15) is 39.5 Å². The van der Waals surface area contributed by atoms with Crippen LogP contribution in [0.4, 0.5) is 0 Å². The van der Waals surface area contributed by atoms with Gasteiger partial charge in [-0.3, -0.25) is 0 Å². The molecule has 0 aliphatic rings. The summed E-state index contributed by atoms with van der Waals surface area (Å²) < 4.78 is 0. The van der Waals surface area contributed by atoms with E-state index in [1.54, 1.807) is 0 Å². The van der Waals surface area contributed by atoms with E-state index in [2.05, 4.69) is 31.9 Å². The Hall–Kier alpha value is -0.550. The normalized spacial score (nSPS) is 10.8. The lowest BCUT2D eigenvalue weighted by atomic mass is 10.1. The summed E-state index contributed by atoms with van der Waals surface area (Å²) in [5, 5.41) is 8.34. The van der Waals surface area contributed by atoms with E-state index in [1.165, 1.54) is 13.0 Å². The average molecular weight is 182 g/mol. The van der Waals surface area contributed by atoms with E-state index in [1.807, 2.05) is 0 Å². The van der Waals surface area contributed by atoms with Crippen molar-refractivity contribution in [3.8, 4) is 6.07 Å². The van der Waals surface area contributed by atoms with Crippen LogP contribution in [0.5, 0.6) is 0 Å². The number of rotatable bonds is 7. The lowest BCUT2D eigenvalue weighted by Gasteiger charge is -2.17. The van der Waals surface area contributed by atoms with Gasteiger partial charge in [-0.1, -0.05) is 13.8 Å². The SMILES string of the molecule is CC(C)CCN(C)CCCCC#N. The minimum absolute atomic E-state index is 0.706. The third-order valence-electron chi connectivity index (χ3n) is 2.17. The van der Waals surface area contributed by atoms with Crippen LogP contribution in [0.15, 0.2) is 0 Å². The van der Waals surface area contributed by atoms with Gasteiger partial charge in [0, 0.05) is 6.42 Å². The molecule has 0 unspecified atom stereocenters. The summed E-state index contributed by atoms with van der Waals surface area (Å²) >= 11 is 0. The average Bonchev–Trinajstić information content (AvgIpc) is 2.09. The van der Waals surface area contributed by atoms with E-state index in [0.717, 1.165) is 25.3 Å². The zero-order valence-corrected chi connectivity index (χ0v) is 9.21. The maximum Gasteiger partial charge on any atom is 0.0621 e. The molecule has 0 heterocycles. The predicted molar refractivity (Wildman–Crippen MR) is 56.4 cm³/mol. The minimum Gasteiger partial charge on any atom is -0.306 e. The molecule has 0 aromatic rings. The Morgan fingerprint density at radius 1 is 1.23 bits per heavy atom. The van der Waals surface area contributed by atoms with Gasteiger partial charge in [0.1, 0.15) is 0 Å². The van der Waals surface area contributed by atoms with Crippen LogP contribution in [0.25, 0.3) is 0 Å². The standard InChI is InChI=1S/C11H22N2/c1-11(2)7-10-13(3)9-6-4-5-8-12/h11H,4-7,9-10H2,1-3H3. The van der Waals surface area contributed by atoms with Crippen LogP contribution in [0.2, 0.25) is 0 Å². The van der Waals surface area contributed by atoms with E-state index in [0.29, 0.717) is 6.42 Å². The Morgan fingerprint density at radius 2 is 1.92 bits per heavy atom. The van der Waals surface area contributed by atoms with E-state index in [-0.39, 0.29) is 0 Å². The molecule has 0 aliphatic carbocycles. The second-order valence-corrected chi connectivity index (χ2v) is 4.10. The van der Waals surface area contributed by atoms with E-state index >= 15 is 0 Å². The summed E-state index contributed by atoms with van der Waals surface area (Å²) in [5.41, 5.74) is 0. The first-order valence-electron chi connectivity index (χ1n) is 5.22. The first-order valence-corrected chi connectivity index (χ1v) is 5.22. The van der Waals surface area contributed by atoms with Crippen molar-refractivity contribution < 1.29 is 0 Å². The summed E-state index contributed by atoms with van der Waals surface area (Å²) in [5.74, 6) is 0.793. The first-order chi connectivity index (χ1) is 6.16. The Morgan fingerprint density at radius 3 is 2.46 bits per heavy atom. The molecule has 0 aromatic carbocycles. The van der Waals surface area contributed by atoms with Crippen molar-refractivity contribution in [3.05, 3.63) is 0 Å². The van der Waals surface area contributed by atoms with Crippen LogP contribution in [-0.2, 0) is 0 Å². The monoisotopic (exact) mass is 182 g/mol. The Kier molecular flexibility index (Phi) is 7.73. The van der Waals surface area contributed by atoms with Crippen LogP contribution in [0, 0.1) is 17.2 Å². The van der Waals surface area contributed by atoms with Gasteiger partial charge in [0.2, 0.25) is 0 Å². The maximum absolute atomic E-state index is 8.34. The fraction of sp³-hybridized carbons (Fsp3) is 0.909. The predicted octanol–water partition coefficient (Wildman–Crippen LogP) is 2.66. The molecule has 13 heavy (non-hydrogen) atoms. The molecular weight excluding hydrogens is 160 g/mol. The molecule has 0 N–H and O–H groups in total. The molecule has 0 atom stereocenters. The summed E-state index contributed by atoms with van der Waals surface area (Å²) in [6.45, 7) is 6.83. The van der Waals surface area contributed by atoms with Crippen molar-refractivity contribution in [1.82, 2.24) is 4.90 Å². The van der Waals surface area contributed by atoms with Gasteiger partial charge in [-0.2, -0.15) is 5.26 Å². The molecule has 0 saturated heterocycles. The largest absolute Gasteiger partial charge is 0.306 e. The highest BCUT2D eigenvalue weighted by atomic mass is 15.1. The van der Waals surface area contributed by atoms with Gasteiger partial charge in [-0.15, -0.1) is 0 Å². The van der Waals surface area contributed by atoms with Crippen LogP contribution in [-0.4, -0.2) is 25.0 Å². The minimum atomic E-state index is 0.706. The number of nitrogens with zero attached hydrogens (tertiary/aromatic N) is 2. The third-order valence-corrected chi connectivity index (χ3v) is 2.17. The quantitative estimate of drug-likeness (QED) is 0.566. The summed E-state index contributed by atoms with van der Waals surface area (Å²) in [7, 11) is 2.16. The molecule has 0 aliphatic heterocycles. The van der Waals surface area contributed by atoms with E-state index in [4.69, 9.17) is 5.26 Å². The fourth-order valence-electron chi connectivity index (χ4n) is 1.18. The van der Waals surface area contributed by atoms with Crippen LogP contribution in [0.3, 0.4) is 0 Å². The van der Waals surface area contributed by atoms with Gasteiger partial charge in [0.05, 0.1) is 6.07 Å². The lowest BCUT2D eigenvalue weighted by Crippen LogP contribution is -2.21. The number of nitriles is 1. The highest BCUT2D eigenvalue weighted by Gasteiger charge is 1.99. The molecule has 0 saturated carbocycles. The van der Waals surface area contributed by atoms with E-state index < -0.39 is 0 Å². The lowest BCUT2D eigenvalue weighted by molar-refractivity contribution is 0.304.